The summed E-state index contributed by atoms with van der Waals surface area (Å²) in [6.07, 6.45) is 2.61. The number of nitrogens with one attached hydrogen (secondary N) is 2. The fourth-order valence-corrected chi connectivity index (χ4v) is 5.98. The lowest BCUT2D eigenvalue weighted by Gasteiger charge is -2.53. The molecule has 0 aliphatic heterocycles. The number of benzene rings is 2. The number of nitriles is 1. The Hall–Kier alpha value is -4.18. The number of imidazole rings is 1. The van der Waals surface area contributed by atoms with Crippen molar-refractivity contribution in [3.8, 4) is 6.07 Å². The molecule has 2 heterocycles. The van der Waals surface area contributed by atoms with Crippen molar-refractivity contribution < 1.29 is 4.79 Å². The number of rotatable bonds is 4. The van der Waals surface area contributed by atoms with E-state index in [2.05, 4.69) is 26.3 Å². The molecule has 4 aromatic rings. The number of hydrogen-bond donors (Lipinski definition) is 2. The van der Waals surface area contributed by atoms with Crippen LogP contribution in [0.3, 0.4) is 0 Å². The molecule has 3 aliphatic rings. The molecule has 7 rings (SSSR count). The van der Waals surface area contributed by atoms with E-state index in [0.717, 1.165) is 27.9 Å². The van der Waals surface area contributed by atoms with E-state index < -0.39 is 10.8 Å². The molecule has 168 valence electrons. The Morgan fingerprint density at radius 3 is 2.69 bits per heavy atom. The molecular formula is C28H22BN5O. The van der Waals surface area contributed by atoms with Crippen LogP contribution in [0.15, 0.2) is 72.9 Å². The normalized spacial score (nSPS) is 23.7. The summed E-state index contributed by atoms with van der Waals surface area (Å²) in [5, 5.41) is 13.5. The highest BCUT2D eigenvalue weighted by Gasteiger charge is 2.61. The van der Waals surface area contributed by atoms with Gasteiger partial charge >= 0.3 is 0 Å². The van der Waals surface area contributed by atoms with Gasteiger partial charge in [-0.3, -0.25) is 15.1 Å². The van der Waals surface area contributed by atoms with Crippen LogP contribution in [0.2, 0.25) is 0 Å². The van der Waals surface area contributed by atoms with E-state index in [4.69, 9.17) is 7.85 Å². The van der Waals surface area contributed by atoms with E-state index in [-0.39, 0.29) is 11.8 Å². The topological polar surface area (TPSA) is 94.5 Å². The Balaban J connectivity index is 1.38. The van der Waals surface area contributed by atoms with E-state index >= 15 is 0 Å². The highest BCUT2D eigenvalue weighted by molar-refractivity contribution is 6.31. The highest BCUT2D eigenvalue weighted by Crippen LogP contribution is 2.63. The van der Waals surface area contributed by atoms with Crippen LogP contribution in [0.25, 0.3) is 0 Å². The Morgan fingerprint density at radius 2 is 1.89 bits per heavy atom. The lowest BCUT2D eigenvalue weighted by atomic mass is 9.48. The molecule has 35 heavy (non-hydrogen) atoms. The number of anilines is 1. The summed E-state index contributed by atoms with van der Waals surface area (Å²) < 4.78 is 0. The van der Waals surface area contributed by atoms with Gasteiger partial charge in [-0.05, 0) is 47.3 Å². The lowest BCUT2D eigenvalue weighted by Crippen LogP contribution is -2.54. The third-order valence-electron chi connectivity index (χ3n) is 7.52. The maximum Gasteiger partial charge on any atom is 0.233 e. The number of carbonyl (C=O) groups excluding carboxylic acids is 1. The molecule has 3 aliphatic carbocycles. The average Bonchev–Trinajstić information content (AvgIpc) is 3.22. The fraction of sp³-hybridized carbons (Fsp3) is 0.214. The molecule has 6 nitrogen and oxygen atoms in total. The maximum atomic E-state index is 13.9. The van der Waals surface area contributed by atoms with Gasteiger partial charge in [0.25, 0.3) is 0 Å². The van der Waals surface area contributed by atoms with Gasteiger partial charge in [-0.1, -0.05) is 60.7 Å². The highest BCUT2D eigenvalue weighted by atomic mass is 16.2. The number of hydrogen-bond acceptors (Lipinski definition) is 4. The van der Waals surface area contributed by atoms with Crippen LogP contribution in [0.1, 0.15) is 52.9 Å². The number of H-pyrrole nitrogens is 1. The summed E-state index contributed by atoms with van der Waals surface area (Å²) in [7, 11) is 6.19. The first-order valence-corrected chi connectivity index (χ1v) is 11.6. The predicted octanol–water partition coefficient (Wildman–Crippen LogP) is 3.49. The Labute approximate surface area is 204 Å². The number of nitrogens with zero attached hydrogens (tertiary/aromatic N) is 3. The zero-order chi connectivity index (χ0) is 24.2. The van der Waals surface area contributed by atoms with Gasteiger partial charge in [0.1, 0.15) is 13.3 Å². The van der Waals surface area contributed by atoms with Gasteiger partial charge in [0.05, 0.1) is 22.9 Å². The minimum absolute atomic E-state index is 0.203. The van der Waals surface area contributed by atoms with Crippen molar-refractivity contribution in [2.45, 2.75) is 31.1 Å². The van der Waals surface area contributed by atoms with E-state index in [0.29, 0.717) is 30.1 Å². The molecule has 1 amide bonds. The second-order valence-electron chi connectivity index (χ2n) is 9.64. The Kier molecular flexibility index (Phi) is 4.68. The van der Waals surface area contributed by atoms with Crippen LogP contribution in [-0.2, 0) is 16.6 Å². The predicted molar refractivity (Wildman–Crippen MR) is 133 cm³/mol. The number of amides is 1. The molecule has 7 heteroatoms. The van der Waals surface area contributed by atoms with Gasteiger partial charge in [0, 0.05) is 18.5 Å². The SMILES string of the molecule is [B]c1[nH]c(NC(=O)C2(C)CC3(C#N)c4ccccc4C2c2cccnc23)nc1Cc1ccccc1. The smallest absolute Gasteiger partial charge is 0.233 e. The molecular weight excluding hydrogens is 433 g/mol. The Morgan fingerprint density at radius 1 is 1.14 bits per heavy atom. The lowest BCUT2D eigenvalue weighted by molar-refractivity contribution is -0.127. The molecule has 0 spiro atoms. The van der Waals surface area contributed by atoms with Crippen molar-refractivity contribution >= 4 is 25.3 Å². The minimum atomic E-state index is -0.991. The zero-order valence-electron chi connectivity index (χ0n) is 19.2. The van der Waals surface area contributed by atoms with E-state index in [1.54, 1.807) is 6.20 Å². The first kappa shape index (κ1) is 21.4. The van der Waals surface area contributed by atoms with Crippen molar-refractivity contribution in [2.24, 2.45) is 5.41 Å². The molecule has 3 unspecified atom stereocenters. The summed E-state index contributed by atoms with van der Waals surface area (Å²) >= 11 is 0. The van der Waals surface area contributed by atoms with E-state index in [1.807, 2.05) is 73.7 Å². The summed E-state index contributed by atoms with van der Waals surface area (Å²) in [4.78, 5) is 26.1. The van der Waals surface area contributed by atoms with Crippen LogP contribution in [0, 0.1) is 16.7 Å². The van der Waals surface area contributed by atoms with Gasteiger partial charge in [-0.25, -0.2) is 4.98 Å². The van der Waals surface area contributed by atoms with Crippen LogP contribution in [-0.4, -0.2) is 28.7 Å². The summed E-state index contributed by atoms with van der Waals surface area (Å²) in [5.41, 5.74) is 3.93. The number of carbonyl (C=O) groups is 1. The standard InChI is InChI=1S/C28H22BN5O/c1-27(25(35)34-26-32-21(24(29)33-26)14-17-8-3-2-4-9-17)15-28(16-30)20-12-6-5-10-18(20)22(27)19-11-7-13-31-23(19)28/h2-13,22H,14-15H2,1H3,(H2,32,33,34,35). The summed E-state index contributed by atoms with van der Waals surface area (Å²) in [6.45, 7) is 1.93. The van der Waals surface area contributed by atoms with Crippen molar-refractivity contribution in [1.82, 2.24) is 15.0 Å². The molecule has 2 aromatic heterocycles. The van der Waals surface area contributed by atoms with Crippen molar-refractivity contribution in [3.05, 3.63) is 107 Å². The maximum absolute atomic E-state index is 13.9. The Bertz CT molecular complexity index is 1460. The minimum Gasteiger partial charge on any atom is -0.338 e. The van der Waals surface area contributed by atoms with Crippen LogP contribution in [0.4, 0.5) is 5.95 Å². The molecule has 0 saturated heterocycles. The van der Waals surface area contributed by atoms with Crippen molar-refractivity contribution in [2.75, 3.05) is 5.32 Å². The van der Waals surface area contributed by atoms with E-state index in [9.17, 15) is 10.1 Å². The van der Waals surface area contributed by atoms with Crippen LogP contribution < -0.4 is 10.9 Å². The first-order valence-electron chi connectivity index (χ1n) is 11.6. The van der Waals surface area contributed by atoms with Gasteiger partial charge in [-0.2, -0.15) is 5.26 Å². The van der Waals surface area contributed by atoms with E-state index in [1.165, 1.54) is 0 Å². The average molecular weight is 455 g/mol. The number of aromatic nitrogens is 3. The van der Waals surface area contributed by atoms with Gasteiger partial charge in [0.15, 0.2) is 0 Å². The summed E-state index contributed by atoms with van der Waals surface area (Å²) in [6, 6.07) is 24.2. The van der Waals surface area contributed by atoms with Crippen molar-refractivity contribution in [3.63, 3.8) is 0 Å². The third kappa shape index (κ3) is 3.06. The largest absolute Gasteiger partial charge is 0.338 e. The molecule has 2 radical (unpaired) electrons. The monoisotopic (exact) mass is 455 g/mol. The third-order valence-corrected chi connectivity index (χ3v) is 7.52. The second-order valence-corrected chi connectivity index (χ2v) is 9.64. The number of aromatic amines is 1. The summed E-state index contributed by atoms with van der Waals surface area (Å²) in [5.74, 6) is -0.119. The number of pyridine rings is 1. The molecule has 0 saturated carbocycles. The van der Waals surface area contributed by atoms with Crippen LogP contribution in [0.5, 0.6) is 0 Å². The molecule has 0 fully saturated rings. The first-order chi connectivity index (χ1) is 17.0. The molecule has 2 bridgehead atoms. The van der Waals surface area contributed by atoms with Crippen molar-refractivity contribution in [1.29, 1.82) is 5.26 Å². The van der Waals surface area contributed by atoms with Gasteiger partial charge in [0.2, 0.25) is 11.9 Å². The van der Waals surface area contributed by atoms with Gasteiger partial charge < -0.3 is 4.98 Å². The molecule has 3 atom stereocenters. The molecule has 2 aromatic carbocycles. The molecule has 2 N–H and O–H groups in total. The van der Waals surface area contributed by atoms with Gasteiger partial charge in [-0.15, -0.1) is 0 Å². The number of fused-ring (bicyclic) bond motifs is 1. The quantitative estimate of drug-likeness (QED) is 0.461. The van der Waals surface area contributed by atoms with Crippen LogP contribution >= 0.6 is 0 Å². The zero-order valence-corrected chi connectivity index (χ0v) is 19.2. The fourth-order valence-electron chi connectivity index (χ4n) is 5.98. The second kappa shape index (κ2) is 7.67.